The van der Waals surface area contributed by atoms with Crippen LogP contribution in [-0.4, -0.2) is 103 Å². The Hall–Kier alpha value is -1.95. The van der Waals surface area contributed by atoms with Gasteiger partial charge in [-0.05, 0) is 43.4 Å². The van der Waals surface area contributed by atoms with Crippen molar-refractivity contribution in [3.63, 3.8) is 0 Å². The van der Waals surface area contributed by atoms with Crippen LogP contribution in [-0.2, 0) is 9.59 Å². The van der Waals surface area contributed by atoms with E-state index in [9.17, 15) is 14.0 Å². The van der Waals surface area contributed by atoms with Gasteiger partial charge < -0.3 is 27.0 Å². The number of allylic oxidation sites excluding steroid dienone is 1. The minimum atomic E-state index is -1.25. The van der Waals surface area contributed by atoms with Crippen LogP contribution in [0.25, 0.3) is 0 Å². The van der Waals surface area contributed by atoms with Crippen LogP contribution in [0.4, 0.5) is 8.78 Å². The zero-order chi connectivity index (χ0) is 30.0. The van der Waals surface area contributed by atoms with E-state index in [4.69, 9.17) is 16.5 Å². The van der Waals surface area contributed by atoms with Crippen molar-refractivity contribution >= 4 is 17.5 Å². The van der Waals surface area contributed by atoms with Gasteiger partial charge in [-0.25, -0.2) is 8.78 Å². The predicted molar refractivity (Wildman–Crippen MR) is 160 cm³/mol. The molecule has 6 N–H and O–H groups in total. The molecule has 5 aliphatic rings. The molecular weight excluding hydrogens is 540 g/mol. The number of fused-ring (bicyclic) bond motifs is 1. The average molecular weight is 592 g/mol. The average Bonchev–Trinajstić information content (AvgIpc) is 3.34. The smallest absolute Gasteiger partial charge is 0.228 e. The number of aliphatic imine (C=N–C) groups is 1. The number of halogens is 2. The molecule has 4 aliphatic heterocycles. The van der Waals surface area contributed by atoms with Gasteiger partial charge in [0, 0.05) is 50.4 Å². The van der Waals surface area contributed by atoms with Crippen LogP contribution in [0.3, 0.4) is 0 Å². The Bertz CT molecular complexity index is 1030. The van der Waals surface area contributed by atoms with Gasteiger partial charge in [-0.2, -0.15) is 0 Å². The summed E-state index contributed by atoms with van der Waals surface area (Å²) in [5, 5.41) is 6.49. The van der Waals surface area contributed by atoms with Gasteiger partial charge in [0.25, 0.3) is 0 Å². The van der Waals surface area contributed by atoms with Crippen LogP contribution in [0.5, 0.6) is 0 Å². The molecule has 0 aromatic rings. The van der Waals surface area contributed by atoms with Gasteiger partial charge in [0.15, 0.2) is 0 Å². The van der Waals surface area contributed by atoms with Crippen LogP contribution in [0.15, 0.2) is 17.1 Å². The van der Waals surface area contributed by atoms with Crippen LogP contribution in [0.2, 0.25) is 0 Å². The summed E-state index contributed by atoms with van der Waals surface area (Å²) < 4.78 is 30.6. The molecule has 8 atom stereocenters. The Balaban J connectivity index is 1.42. The van der Waals surface area contributed by atoms with Crippen LogP contribution in [0.1, 0.15) is 71.6 Å². The van der Waals surface area contributed by atoms with E-state index in [1.165, 1.54) is 6.42 Å². The van der Waals surface area contributed by atoms with Crippen molar-refractivity contribution in [3.05, 3.63) is 12.2 Å². The zero-order valence-corrected chi connectivity index (χ0v) is 25.3. The molecule has 5 rings (SSSR count). The van der Waals surface area contributed by atoms with Crippen molar-refractivity contribution in [2.45, 2.75) is 114 Å². The Morgan fingerprint density at radius 3 is 2.69 bits per heavy atom. The second kappa shape index (κ2) is 13.4. The molecule has 3 fully saturated rings. The summed E-state index contributed by atoms with van der Waals surface area (Å²) in [6, 6.07) is -1.58. The second-order valence-corrected chi connectivity index (χ2v) is 13.6. The molecule has 0 aromatic carbocycles. The molecule has 4 heterocycles. The summed E-state index contributed by atoms with van der Waals surface area (Å²) >= 11 is 0. The quantitative estimate of drug-likeness (QED) is 0.265. The van der Waals surface area contributed by atoms with E-state index in [1.54, 1.807) is 6.08 Å². The molecule has 7 unspecified atom stereocenters. The lowest BCUT2D eigenvalue weighted by Crippen LogP contribution is -2.68. The fraction of sp³-hybridized carbons (Fsp3) is 0.839. The molecule has 1 saturated carbocycles. The van der Waals surface area contributed by atoms with E-state index in [2.05, 4.69) is 22.5 Å². The van der Waals surface area contributed by atoms with Gasteiger partial charge in [-0.3, -0.25) is 19.5 Å². The van der Waals surface area contributed by atoms with E-state index in [1.807, 2.05) is 17.9 Å². The number of rotatable bonds is 7. The summed E-state index contributed by atoms with van der Waals surface area (Å²) in [4.78, 5) is 35.4. The normalized spacial score (nSPS) is 38.4. The lowest BCUT2D eigenvalue weighted by molar-refractivity contribution is -0.131. The highest BCUT2D eigenvalue weighted by molar-refractivity contribution is 5.97. The van der Waals surface area contributed by atoms with Crippen molar-refractivity contribution in [2.24, 2.45) is 33.7 Å². The minimum absolute atomic E-state index is 0.0647. The summed E-state index contributed by atoms with van der Waals surface area (Å²) in [5.74, 6) is -0.820. The number of alkyl halides is 2. The van der Waals surface area contributed by atoms with E-state index in [0.717, 1.165) is 44.2 Å². The topological polar surface area (TPSA) is 129 Å². The first-order valence-electron chi connectivity index (χ1n) is 16.2. The number of nitrogens with zero attached hydrogens (tertiary/aromatic N) is 3. The zero-order valence-electron chi connectivity index (χ0n) is 25.3. The third kappa shape index (κ3) is 6.74. The van der Waals surface area contributed by atoms with Crippen LogP contribution < -0.4 is 22.1 Å². The van der Waals surface area contributed by atoms with Gasteiger partial charge in [-0.1, -0.05) is 45.3 Å². The maximum Gasteiger partial charge on any atom is 0.228 e. The van der Waals surface area contributed by atoms with Gasteiger partial charge in [-0.15, -0.1) is 0 Å². The number of carbonyl (C=O) groups excluding carboxylic acids is 2. The predicted octanol–water partition coefficient (Wildman–Crippen LogP) is 2.05. The number of carbonyl (C=O) groups is 2. The number of piperazine rings is 1. The second-order valence-electron chi connectivity index (χ2n) is 13.6. The van der Waals surface area contributed by atoms with E-state index < -0.39 is 42.6 Å². The monoisotopic (exact) mass is 591 g/mol. The van der Waals surface area contributed by atoms with Crippen molar-refractivity contribution < 1.29 is 18.4 Å². The standard InChI is InChI=1S/C31H51F2N7O2/c1-3-31(2)12-11-20(32)16-36-23(15-31)25(29(34)35)30(42)38-27-26(19-7-5-4-6-8-19)37-17-22(33)28(27)39-13-14-40-21(18-39)9-10-24(40)41/h11-12,19-23,25,27-29,36H,3-10,13-18,34-35H2,1-2H3,(H,38,42)/b12-11-/t20?,21-,22?,23?,25?,27?,28?,31?/m1/s1. The number of amides is 2. The number of hydrogen-bond acceptors (Lipinski definition) is 7. The Kier molecular flexibility index (Phi) is 10.0. The lowest BCUT2D eigenvalue weighted by atomic mass is 9.75. The van der Waals surface area contributed by atoms with Gasteiger partial charge in [0.05, 0.1) is 30.7 Å². The van der Waals surface area contributed by atoms with Crippen molar-refractivity contribution in [1.29, 1.82) is 0 Å². The summed E-state index contributed by atoms with van der Waals surface area (Å²) in [5.41, 5.74) is 13.1. The van der Waals surface area contributed by atoms with E-state index in [-0.39, 0.29) is 42.3 Å². The number of nitrogens with two attached hydrogens (primary N) is 2. The summed E-state index contributed by atoms with van der Waals surface area (Å²) in [6.45, 7) is 5.96. The van der Waals surface area contributed by atoms with E-state index in [0.29, 0.717) is 32.5 Å². The van der Waals surface area contributed by atoms with Crippen molar-refractivity contribution in [1.82, 2.24) is 20.4 Å². The molecule has 42 heavy (non-hydrogen) atoms. The molecule has 0 bridgehead atoms. The minimum Gasteiger partial charge on any atom is -0.346 e. The Morgan fingerprint density at radius 1 is 1.21 bits per heavy atom. The molecule has 1 aliphatic carbocycles. The van der Waals surface area contributed by atoms with Crippen molar-refractivity contribution in [3.8, 4) is 0 Å². The highest BCUT2D eigenvalue weighted by Gasteiger charge is 2.48. The van der Waals surface area contributed by atoms with E-state index >= 15 is 4.39 Å². The fourth-order valence-corrected chi connectivity index (χ4v) is 8.02. The molecule has 9 nitrogen and oxygen atoms in total. The molecule has 2 saturated heterocycles. The number of hydrogen-bond donors (Lipinski definition) is 4. The maximum atomic E-state index is 16.0. The molecule has 2 amide bonds. The first-order valence-corrected chi connectivity index (χ1v) is 16.2. The fourth-order valence-electron chi connectivity index (χ4n) is 8.02. The lowest BCUT2D eigenvalue weighted by Gasteiger charge is -2.48. The third-order valence-electron chi connectivity index (χ3n) is 10.7. The highest BCUT2D eigenvalue weighted by Crippen LogP contribution is 2.35. The Morgan fingerprint density at radius 2 is 1.98 bits per heavy atom. The first kappa shape index (κ1) is 31.5. The highest BCUT2D eigenvalue weighted by atomic mass is 19.1. The Labute approximate surface area is 249 Å². The first-order chi connectivity index (χ1) is 20.1. The summed E-state index contributed by atoms with van der Waals surface area (Å²) in [7, 11) is 0. The molecule has 0 radical (unpaired) electrons. The van der Waals surface area contributed by atoms with Gasteiger partial charge >= 0.3 is 0 Å². The maximum absolute atomic E-state index is 16.0. The number of nitrogens with one attached hydrogen (secondary N) is 2. The molecule has 0 aromatic heterocycles. The molecule has 11 heteroatoms. The van der Waals surface area contributed by atoms with Crippen LogP contribution in [0, 0.1) is 17.3 Å². The van der Waals surface area contributed by atoms with Crippen LogP contribution >= 0.6 is 0 Å². The van der Waals surface area contributed by atoms with Gasteiger partial charge in [0.1, 0.15) is 12.3 Å². The van der Waals surface area contributed by atoms with Crippen molar-refractivity contribution in [2.75, 3.05) is 32.7 Å². The van der Waals surface area contributed by atoms with Gasteiger partial charge in [0.2, 0.25) is 11.8 Å². The largest absolute Gasteiger partial charge is 0.346 e. The molecule has 0 spiro atoms. The molecule has 236 valence electrons. The summed E-state index contributed by atoms with van der Waals surface area (Å²) in [6.07, 6.45) is 8.02. The SMILES string of the molecule is CCC1(C)/C=C\C(F)CNC(C(C(=O)NC2C(C3CCCCC3)=NCC(F)C2N2CCN3C(=O)CC[C@@H]3C2)C(N)N)C1. The third-order valence-corrected chi connectivity index (χ3v) is 10.7. The molecular formula is C31H51F2N7O2.